The van der Waals surface area contributed by atoms with Crippen LogP contribution < -0.4 is 4.90 Å². The third-order valence-corrected chi connectivity index (χ3v) is 2.84. The molecule has 0 amide bonds. The summed E-state index contributed by atoms with van der Waals surface area (Å²) in [5.74, 6) is 0. The quantitative estimate of drug-likeness (QED) is 0.737. The van der Waals surface area contributed by atoms with Gasteiger partial charge in [0.15, 0.2) is 0 Å². The minimum atomic E-state index is -0.474. The van der Waals surface area contributed by atoms with Gasteiger partial charge in [0.1, 0.15) is 5.54 Å². The van der Waals surface area contributed by atoms with Gasteiger partial charge in [-0.1, -0.05) is 12.1 Å². The third-order valence-electron chi connectivity index (χ3n) is 2.84. The minimum absolute atomic E-state index is 0.474. The van der Waals surface area contributed by atoms with Crippen molar-refractivity contribution in [3.63, 3.8) is 0 Å². The van der Waals surface area contributed by atoms with Crippen LogP contribution in [-0.4, -0.2) is 12.6 Å². The molecule has 1 rings (SSSR count). The second-order valence-corrected chi connectivity index (χ2v) is 4.52. The van der Waals surface area contributed by atoms with Crippen molar-refractivity contribution >= 4 is 5.69 Å². The number of hydrogen-bond donors (Lipinski definition) is 0. The third kappa shape index (κ3) is 2.30. The summed E-state index contributed by atoms with van der Waals surface area (Å²) in [5.41, 5.74) is 3.07. The molecule has 0 bridgehead atoms. The van der Waals surface area contributed by atoms with Crippen LogP contribution in [0, 0.1) is 25.2 Å². The van der Waals surface area contributed by atoms with Crippen LogP contribution in [-0.2, 0) is 0 Å². The monoisotopic (exact) mass is 202 g/mol. The molecule has 0 heterocycles. The van der Waals surface area contributed by atoms with Gasteiger partial charge in [0.2, 0.25) is 0 Å². The second-order valence-electron chi connectivity index (χ2n) is 4.52. The molecule has 2 heteroatoms. The lowest BCUT2D eigenvalue weighted by atomic mass is 10.0. The van der Waals surface area contributed by atoms with Crippen LogP contribution in [0.5, 0.6) is 0 Å². The molecule has 0 saturated heterocycles. The highest BCUT2D eigenvalue weighted by atomic mass is 15.2. The van der Waals surface area contributed by atoms with Gasteiger partial charge in [-0.15, -0.1) is 0 Å². The summed E-state index contributed by atoms with van der Waals surface area (Å²) in [6.45, 7) is 7.98. The highest BCUT2D eigenvalue weighted by Gasteiger charge is 2.24. The predicted molar refractivity (Wildman–Crippen MR) is 64.0 cm³/mol. The lowest BCUT2D eigenvalue weighted by molar-refractivity contribution is 0.616. The average Bonchev–Trinajstić information content (AvgIpc) is 2.20. The Morgan fingerprint density at radius 2 is 1.87 bits per heavy atom. The zero-order chi connectivity index (χ0) is 11.6. The van der Waals surface area contributed by atoms with Gasteiger partial charge in [0.25, 0.3) is 0 Å². The van der Waals surface area contributed by atoms with E-state index in [0.29, 0.717) is 0 Å². The smallest absolute Gasteiger partial charge is 0.121 e. The fourth-order valence-electron chi connectivity index (χ4n) is 1.46. The van der Waals surface area contributed by atoms with Crippen LogP contribution in [0.25, 0.3) is 0 Å². The molecule has 1 aromatic carbocycles. The zero-order valence-corrected chi connectivity index (χ0v) is 10.1. The maximum Gasteiger partial charge on any atom is 0.121 e. The maximum absolute atomic E-state index is 9.09. The van der Waals surface area contributed by atoms with Crippen LogP contribution >= 0.6 is 0 Å². The molecule has 15 heavy (non-hydrogen) atoms. The van der Waals surface area contributed by atoms with Gasteiger partial charge < -0.3 is 4.90 Å². The molecule has 0 N–H and O–H groups in total. The number of anilines is 1. The van der Waals surface area contributed by atoms with Gasteiger partial charge in [0, 0.05) is 12.7 Å². The summed E-state index contributed by atoms with van der Waals surface area (Å²) >= 11 is 0. The highest BCUT2D eigenvalue weighted by Crippen LogP contribution is 2.26. The molecule has 2 nitrogen and oxygen atoms in total. The predicted octanol–water partition coefficient (Wildman–Crippen LogP) is 3.04. The molecule has 1 aromatic rings. The van der Waals surface area contributed by atoms with E-state index in [1.807, 2.05) is 25.8 Å². The molecular weight excluding hydrogens is 184 g/mol. The maximum atomic E-state index is 9.09. The van der Waals surface area contributed by atoms with E-state index in [-0.39, 0.29) is 0 Å². The fourth-order valence-corrected chi connectivity index (χ4v) is 1.46. The first-order valence-corrected chi connectivity index (χ1v) is 5.11. The van der Waals surface area contributed by atoms with Crippen molar-refractivity contribution in [2.45, 2.75) is 33.2 Å². The molecular formula is C13H18N2. The molecule has 0 fully saturated rings. The van der Waals surface area contributed by atoms with Gasteiger partial charge in [-0.05, 0) is 44.9 Å². The zero-order valence-electron chi connectivity index (χ0n) is 10.1. The normalized spacial score (nSPS) is 10.9. The van der Waals surface area contributed by atoms with Crippen molar-refractivity contribution in [1.29, 1.82) is 5.26 Å². The van der Waals surface area contributed by atoms with Crippen LogP contribution in [0.2, 0.25) is 0 Å². The van der Waals surface area contributed by atoms with E-state index < -0.39 is 5.54 Å². The molecule has 0 radical (unpaired) electrons. The van der Waals surface area contributed by atoms with Crippen molar-refractivity contribution < 1.29 is 0 Å². The van der Waals surface area contributed by atoms with Crippen molar-refractivity contribution in [1.82, 2.24) is 0 Å². The van der Waals surface area contributed by atoms with E-state index in [9.17, 15) is 0 Å². The van der Waals surface area contributed by atoms with Crippen molar-refractivity contribution in [2.24, 2.45) is 0 Å². The van der Waals surface area contributed by atoms with Crippen LogP contribution in [0.3, 0.4) is 0 Å². The van der Waals surface area contributed by atoms with E-state index in [2.05, 4.69) is 38.1 Å². The van der Waals surface area contributed by atoms with E-state index in [1.165, 1.54) is 11.1 Å². The lowest BCUT2D eigenvalue weighted by Crippen LogP contribution is -2.40. The van der Waals surface area contributed by atoms with Gasteiger partial charge in [0.05, 0.1) is 6.07 Å². The number of aryl methyl sites for hydroxylation is 2. The molecule has 0 saturated carbocycles. The SMILES string of the molecule is Cc1ccc(C)c(N(C)C(C)(C)C#N)c1. The number of nitriles is 1. The van der Waals surface area contributed by atoms with Crippen molar-refractivity contribution in [2.75, 3.05) is 11.9 Å². The number of benzene rings is 1. The standard InChI is InChI=1S/C13H18N2/c1-10-6-7-11(2)12(8-10)15(5)13(3,4)9-14/h6-8H,1-5H3. The van der Waals surface area contributed by atoms with Gasteiger partial charge in [-0.25, -0.2) is 0 Å². The topological polar surface area (TPSA) is 27.0 Å². The summed E-state index contributed by atoms with van der Waals surface area (Å²) in [6, 6.07) is 8.61. The van der Waals surface area contributed by atoms with E-state index in [1.54, 1.807) is 0 Å². The first-order chi connectivity index (χ1) is 6.88. The van der Waals surface area contributed by atoms with E-state index in [4.69, 9.17) is 5.26 Å². The Morgan fingerprint density at radius 3 is 2.40 bits per heavy atom. The highest BCUT2D eigenvalue weighted by molar-refractivity contribution is 5.57. The number of hydrogen-bond acceptors (Lipinski definition) is 2. The van der Waals surface area contributed by atoms with Crippen molar-refractivity contribution in [3.8, 4) is 6.07 Å². The molecule has 0 atom stereocenters. The minimum Gasteiger partial charge on any atom is -0.357 e. The molecule has 0 aliphatic carbocycles. The Labute approximate surface area is 92.1 Å². The molecule has 0 unspecified atom stereocenters. The Hall–Kier alpha value is -1.49. The summed E-state index contributed by atoms with van der Waals surface area (Å²) in [6.07, 6.45) is 0. The first kappa shape index (κ1) is 11.6. The summed E-state index contributed by atoms with van der Waals surface area (Å²) in [4.78, 5) is 2.02. The van der Waals surface area contributed by atoms with E-state index in [0.717, 1.165) is 5.69 Å². The molecule has 0 aliphatic heterocycles. The van der Waals surface area contributed by atoms with E-state index >= 15 is 0 Å². The Balaban J connectivity index is 3.17. The Kier molecular flexibility index (Phi) is 3.04. The average molecular weight is 202 g/mol. The first-order valence-electron chi connectivity index (χ1n) is 5.11. The molecule has 80 valence electrons. The van der Waals surface area contributed by atoms with Crippen LogP contribution in [0.1, 0.15) is 25.0 Å². The molecule has 0 spiro atoms. The number of nitrogens with zero attached hydrogens (tertiary/aromatic N) is 2. The van der Waals surface area contributed by atoms with Crippen LogP contribution in [0.4, 0.5) is 5.69 Å². The molecule has 0 aliphatic rings. The second kappa shape index (κ2) is 3.94. The van der Waals surface area contributed by atoms with Gasteiger partial charge in [-0.3, -0.25) is 0 Å². The van der Waals surface area contributed by atoms with Gasteiger partial charge in [-0.2, -0.15) is 5.26 Å². The largest absolute Gasteiger partial charge is 0.357 e. The van der Waals surface area contributed by atoms with Crippen LogP contribution in [0.15, 0.2) is 18.2 Å². The summed E-state index contributed by atoms with van der Waals surface area (Å²) < 4.78 is 0. The fraction of sp³-hybridized carbons (Fsp3) is 0.462. The number of rotatable bonds is 2. The summed E-state index contributed by atoms with van der Waals surface area (Å²) in [5, 5.41) is 9.09. The van der Waals surface area contributed by atoms with Gasteiger partial charge >= 0.3 is 0 Å². The molecule has 0 aromatic heterocycles. The Bertz CT molecular complexity index is 399. The summed E-state index contributed by atoms with van der Waals surface area (Å²) in [7, 11) is 1.96. The van der Waals surface area contributed by atoms with Crippen molar-refractivity contribution in [3.05, 3.63) is 29.3 Å². The Morgan fingerprint density at radius 1 is 1.27 bits per heavy atom. The lowest BCUT2D eigenvalue weighted by Gasteiger charge is -2.32.